The fourth-order valence-electron chi connectivity index (χ4n) is 0.920. The van der Waals surface area contributed by atoms with Crippen molar-refractivity contribution in [2.75, 3.05) is 5.75 Å². The highest BCUT2D eigenvalue weighted by Gasteiger charge is 2.18. The van der Waals surface area contributed by atoms with Crippen LogP contribution in [0.3, 0.4) is 0 Å². The second-order valence-corrected chi connectivity index (χ2v) is 3.51. The van der Waals surface area contributed by atoms with Gasteiger partial charge in [0.15, 0.2) is 0 Å². The zero-order valence-electron chi connectivity index (χ0n) is 7.06. The third-order valence-electron chi connectivity index (χ3n) is 1.71. The van der Waals surface area contributed by atoms with Crippen LogP contribution in [0.2, 0.25) is 5.02 Å². The molecule has 0 aliphatic carbocycles. The molecule has 2 atom stereocenters. The number of hydrogen-bond acceptors (Lipinski definition) is 4. The summed E-state index contributed by atoms with van der Waals surface area (Å²) in [4.78, 5) is 3.32. The molecule has 0 aliphatic heterocycles. The van der Waals surface area contributed by atoms with Gasteiger partial charge in [-0.3, -0.25) is 0 Å². The Hall–Kier alpha value is -0.360. The van der Waals surface area contributed by atoms with E-state index in [4.69, 9.17) is 11.6 Å². The molecule has 3 nitrogen and oxygen atoms in total. The highest BCUT2D eigenvalue weighted by molar-refractivity contribution is 7.80. The molecule has 1 rings (SSSR count). The van der Waals surface area contributed by atoms with E-state index >= 15 is 0 Å². The molecule has 1 aromatic heterocycles. The lowest BCUT2D eigenvalue weighted by Crippen LogP contribution is -2.20. The van der Waals surface area contributed by atoms with Gasteiger partial charge >= 0.3 is 0 Å². The average Bonchev–Trinajstić information content (AvgIpc) is 2.20. The summed E-state index contributed by atoms with van der Waals surface area (Å²) in [6, 6.07) is 1.22. The predicted octanol–water partition coefficient (Wildman–Crippen LogP) is 1.20. The standard InChI is InChI=1S/C8H9ClFNO2S/c9-5-1-4(2-11-8(5)10)7(13)6(12)3-14/h1-2,6-7,12-14H,3H2. The molecule has 78 valence electrons. The van der Waals surface area contributed by atoms with Crippen molar-refractivity contribution in [2.24, 2.45) is 0 Å². The molecule has 0 saturated carbocycles. The third kappa shape index (κ3) is 2.57. The molecule has 1 heterocycles. The predicted molar refractivity (Wildman–Crippen MR) is 54.0 cm³/mol. The van der Waals surface area contributed by atoms with Gasteiger partial charge in [0, 0.05) is 17.5 Å². The second-order valence-electron chi connectivity index (χ2n) is 2.74. The Morgan fingerprint density at radius 1 is 1.57 bits per heavy atom. The van der Waals surface area contributed by atoms with Gasteiger partial charge in [0.05, 0.1) is 11.1 Å². The summed E-state index contributed by atoms with van der Waals surface area (Å²) in [6.45, 7) is 0. The van der Waals surface area contributed by atoms with Gasteiger partial charge in [-0.1, -0.05) is 11.6 Å². The van der Waals surface area contributed by atoms with Gasteiger partial charge in [0.2, 0.25) is 5.95 Å². The number of rotatable bonds is 3. The van der Waals surface area contributed by atoms with Gasteiger partial charge in [-0.2, -0.15) is 17.0 Å². The zero-order valence-corrected chi connectivity index (χ0v) is 8.71. The zero-order chi connectivity index (χ0) is 10.7. The highest BCUT2D eigenvalue weighted by Crippen LogP contribution is 2.21. The molecule has 2 N–H and O–H groups in total. The fourth-order valence-corrected chi connectivity index (χ4v) is 1.29. The molecule has 2 unspecified atom stereocenters. The van der Waals surface area contributed by atoms with Gasteiger partial charge in [-0.15, -0.1) is 0 Å². The normalized spacial score (nSPS) is 15.2. The first-order valence-electron chi connectivity index (χ1n) is 3.84. The number of halogens is 2. The van der Waals surface area contributed by atoms with Crippen molar-refractivity contribution in [1.29, 1.82) is 0 Å². The summed E-state index contributed by atoms with van der Waals surface area (Å²) < 4.78 is 12.6. The van der Waals surface area contributed by atoms with Gasteiger partial charge in [0.1, 0.15) is 6.10 Å². The van der Waals surface area contributed by atoms with Crippen LogP contribution in [-0.4, -0.2) is 27.1 Å². The van der Waals surface area contributed by atoms with Crippen LogP contribution in [0.25, 0.3) is 0 Å². The molecular weight excluding hydrogens is 229 g/mol. The average molecular weight is 238 g/mol. The van der Waals surface area contributed by atoms with Crippen LogP contribution in [0, 0.1) is 5.95 Å². The summed E-state index contributed by atoms with van der Waals surface area (Å²) in [5.74, 6) is -0.709. The van der Waals surface area contributed by atoms with Crippen molar-refractivity contribution in [2.45, 2.75) is 12.2 Å². The summed E-state index contributed by atoms with van der Waals surface area (Å²) in [5.41, 5.74) is 0.262. The number of aliphatic hydroxyl groups excluding tert-OH is 2. The number of nitrogens with zero attached hydrogens (tertiary/aromatic N) is 1. The van der Waals surface area contributed by atoms with E-state index in [0.717, 1.165) is 6.20 Å². The van der Waals surface area contributed by atoms with Crippen molar-refractivity contribution < 1.29 is 14.6 Å². The monoisotopic (exact) mass is 237 g/mol. The van der Waals surface area contributed by atoms with Crippen LogP contribution in [-0.2, 0) is 0 Å². The van der Waals surface area contributed by atoms with Gasteiger partial charge in [0.25, 0.3) is 0 Å². The minimum Gasteiger partial charge on any atom is -0.389 e. The van der Waals surface area contributed by atoms with Gasteiger partial charge < -0.3 is 10.2 Å². The maximum atomic E-state index is 12.6. The molecule has 6 heteroatoms. The van der Waals surface area contributed by atoms with Crippen LogP contribution < -0.4 is 0 Å². The molecule has 0 saturated heterocycles. The van der Waals surface area contributed by atoms with E-state index in [1.54, 1.807) is 0 Å². The minimum atomic E-state index is -1.15. The molecule has 0 spiro atoms. The van der Waals surface area contributed by atoms with Crippen LogP contribution in [0.15, 0.2) is 12.3 Å². The van der Waals surface area contributed by atoms with Crippen molar-refractivity contribution in [3.05, 3.63) is 28.8 Å². The summed E-state index contributed by atoms with van der Waals surface area (Å²) in [5, 5.41) is 18.5. The van der Waals surface area contributed by atoms with Crippen molar-refractivity contribution >= 4 is 24.2 Å². The first kappa shape index (κ1) is 11.7. The van der Waals surface area contributed by atoms with Crippen LogP contribution in [0.1, 0.15) is 11.7 Å². The fraction of sp³-hybridized carbons (Fsp3) is 0.375. The maximum absolute atomic E-state index is 12.6. The molecule has 0 aliphatic rings. The Morgan fingerprint density at radius 2 is 2.21 bits per heavy atom. The largest absolute Gasteiger partial charge is 0.389 e. The van der Waals surface area contributed by atoms with Gasteiger partial charge in [-0.05, 0) is 6.07 Å². The van der Waals surface area contributed by atoms with Crippen molar-refractivity contribution in [3.8, 4) is 0 Å². The first-order chi connectivity index (χ1) is 6.56. The van der Waals surface area contributed by atoms with E-state index < -0.39 is 18.2 Å². The third-order valence-corrected chi connectivity index (χ3v) is 2.35. The lowest BCUT2D eigenvalue weighted by molar-refractivity contribution is 0.0335. The van der Waals surface area contributed by atoms with E-state index in [1.165, 1.54) is 6.07 Å². The molecule has 0 radical (unpaired) electrons. The Labute approximate surface area is 91.0 Å². The smallest absolute Gasteiger partial charge is 0.231 e. The number of aromatic nitrogens is 1. The minimum absolute atomic E-state index is 0.0934. The topological polar surface area (TPSA) is 53.4 Å². The molecular formula is C8H9ClFNO2S. The van der Waals surface area contributed by atoms with Gasteiger partial charge in [-0.25, -0.2) is 4.98 Å². The number of pyridine rings is 1. The number of hydrogen-bond donors (Lipinski definition) is 3. The SMILES string of the molecule is OC(CS)C(O)c1cnc(F)c(Cl)c1. The number of thiol groups is 1. The number of aliphatic hydroxyl groups is 2. The van der Waals surface area contributed by atoms with Crippen LogP contribution in [0.4, 0.5) is 4.39 Å². The molecule has 0 amide bonds. The Morgan fingerprint density at radius 3 is 2.71 bits per heavy atom. The first-order valence-corrected chi connectivity index (χ1v) is 4.85. The summed E-state index contributed by atoms with van der Waals surface area (Å²) in [7, 11) is 0. The lowest BCUT2D eigenvalue weighted by atomic mass is 10.1. The molecule has 14 heavy (non-hydrogen) atoms. The Kier molecular flexibility index (Phi) is 4.12. The van der Waals surface area contributed by atoms with E-state index in [1.807, 2.05) is 0 Å². The van der Waals surface area contributed by atoms with Crippen LogP contribution in [0.5, 0.6) is 0 Å². The molecule has 0 fully saturated rings. The summed E-state index contributed by atoms with van der Waals surface area (Å²) >= 11 is 9.27. The van der Waals surface area contributed by atoms with Crippen molar-refractivity contribution in [3.63, 3.8) is 0 Å². The van der Waals surface area contributed by atoms with E-state index in [2.05, 4.69) is 17.6 Å². The quantitative estimate of drug-likeness (QED) is 0.547. The van der Waals surface area contributed by atoms with E-state index in [9.17, 15) is 14.6 Å². The highest BCUT2D eigenvalue weighted by atomic mass is 35.5. The Balaban J connectivity index is 2.91. The summed E-state index contributed by atoms with van der Waals surface area (Å²) in [6.07, 6.45) is -1.06. The van der Waals surface area contributed by atoms with Crippen LogP contribution >= 0.6 is 24.2 Å². The van der Waals surface area contributed by atoms with Crippen molar-refractivity contribution in [1.82, 2.24) is 4.98 Å². The van der Waals surface area contributed by atoms with E-state index in [0.29, 0.717) is 0 Å². The lowest BCUT2D eigenvalue weighted by Gasteiger charge is -2.15. The molecule has 0 aromatic carbocycles. The second kappa shape index (κ2) is 4.93. The molecule has 1 aromatic rings. The Bertz CT molecular complexity index is 326. The van der Waals surface area contributed by atoms with E-state index in [-0.39, 0.29) is 16.3 Å². The molecule has 0 bridgehead atoms. The maximum Gasteiger partial charge on any atom is 0.231 e.